The van der Waals surface area contributed by atoms with Crippen molar-refractivity contribution in [2.24, 2.45) is 35.3 Å². The average Bonchev–Trinajstić information content (AvgIpc) is 2.77. The fourth-order valence-corrected chi connectivity index (χ4v) is 6.61. The minimum atomic E-state index is -2.56. The van der Waals surface area contributed by atoms with E-state index in [1.54, 1.807) is 0 Å². The smallest absolute Gasteiger partial charge is 0.230 e. The van der Waals surface area contributed by atoms with Crippen LogP contribution in [-0.2, 0) is 27.3 Å². The molecule has 9 heteroatoms. The van der Waals surface area contributed by atoms with Crippen LogP contribution in [0.5, 0.6) is 5.75 Å². The molecule has 0 saturated heterocycles. The van der Waals surface area contributed by atoms with Crippen molar-refractivity contribution in [3.05, 3.63) is 34.4 Å². The van der Waals surface area contributed by atoms with Gasteiger partial charge < -0.3 is 26.2 Å². The molecule has 3 aliphatic carbocycles. The molecule has 1 aromatic rings. The molecule has 1 aromatic carbocycles. The first-order valence-corrected chi connectivity index (χ1v) is 13.1. The van der Waals surface area contributed by atoms with E-state index in [4.69, 9.17) is 5.73 Å². The molecule has 3 aliphatic rings. The molecule has 0 heterocycles. The molecule has 0 aromatic heterocycles. The number of aromatic hydroxyl groups is 1. The largest absolute Gasteiger partial charge is 0.507 e. The van der Waals surface area contributed by atoms with Crippen molar-refractivity contribution in [2.45, 2.75) is 65.2 Å². The van der Waals surface area contributed by atoms with Gasteiger partial charge in [0.2, 0.25) is 11.7 Å². The Morgan fingerprint density at radius 3 is 2.30 bits per heavy atom. The Hall–Kier alpha value is -2.75. The van der Waals surface area contributed by atoms with Crippen LogP contribution >= 0.6 is 0 Å². The highest BCUT2D eigenvalue weighted by molar-refractivity contribution is 6.24. The number of nitrogens with zero attached hydrogens (tertiary/aromatic N) is 1. The van der Waals surface area contributed by atoms with Crippen molar-refractivity contribution in [1.29, 1.82) is 0 Å². The van der Waals surface area contributed by atoms with Crippen LogP contribution in [-0.4, -0.2) is 67.6 Å². The van der Waals surface area contributed by atoms with Gasteiger partial charge in [0, 0.05) is 31.1 Å². The second-order valence-electron chi connectivity index (χ2n) is 11.8. The molecule has 0 aliphatic heterocycles. The number of amides is 1. The first kappa shape index (κ1) is 27.3. The molecule has 9 nitrogen and oxygen atoms in total. The number of hydrogen-bond donors (Lipinski definition) is 5. The number of nitrogens with two attached hydrogens (primary N) is 1. The molecule has 6 N–H and O–H groups in total. The Balaban J connectivity index is 1.77. The summed E-state index contributed by atoms with van der Waals surface area (Å²) in [5, 5.41) is 43.8. The maximum Gasteiger partial charge on any atom is 0.230 e. The number of carbonyl (C=O) groups is 3. The number of rotatable bonds is 7. The van der Waals surface area contributed by atoms with Gasteiger partial charge in [-0.05, 0) is 54.2 Å². The molecular formula is C28H38N2O7. The van der Waals surface area contributed by atoms with Crippen LogP contribution in [0.4, 0.5) is 0 Å². The van der Waals surface area contributed by atoms with Crippen LogP contribution in [0.2, 0.25) is 0 Å². The van der Waals surface area contributed by atoms with Crippen LogP contribution in [0.3, 0.4) is 0 Å². The number of aliphatic hydroxyl groups is 3. The van der Waals surface area contributed by atoms with Gasteiger partial charge in [-0.1, -0.05) is 33.8 Å². The fourth-order valence-electron chi connectivity index (χ4n) is 6.61. The molecule has 2 saturated carbocycles. The van der Waals surface area contributed by atoms with E-state index in [0.717, 1.165) is 24.2 Å². The standard InChI is InChI=1S/C28H38N2O7/c1-13(2)10-30(11-14(3)4)12-15-5-6-19(31)22-18(15)8-16-7-17-9-20(32)23(27(29)36)26(35)28(17,37)25(34)21(16)24(22)33/h5-6,13-14,16-17,20,23,31-33,37H,7-12H2,1-4H3,(H2,29,36)/t16-,17+,20?,23?,28+/m1/s1. The monoisotopic (exact) mass is 514 g/mol. The molecule has 0 bridgehead atoms. The van der Waals surface area contributed by atoms with Gasteiger partial charge in [0.05, 0.1) is 11.7 Å². The summed E-state index contributed by atoms with van der Waals surface area (Å²) < 4.78 is 0. The third kappa shape index (κ3) is 4.57. The topological polar surface area (TPSA) is 161 Å². The third-order valence-electron chi connectivity index (χ3n) is 8.01. The Morgan fingerprint density at radius 2 is 1.73 bits per heavy atom. The number of benzene rings is 1. The molecule has 1 amide bonds. The van der Waals surface area contributed by atoms with Gasteiger partial charge in [-0.3, -0.25) is 19.3 Å². The zero-order chi connectivity index (χ0) is 27.4. The summed E-state index contributed by atoms with van der Waals surface area (Å²) in [5.74, 6) is -6.10. The highest BCUT2D eigenvalue weighted by Crippen LogP contribution is 2.51. The maximum atomic E-state index is 13.6. The van der Waals surface area contributed by atoms with E-state index in [2.05, 4.69) is 32.6 Å². The van der Waals surface area contributed by atoms with E-state index in [1.807, 2.05) is 6.07 Å². The Morgan fingerprint density at radius 1 is 1.11 bits per heavy atom. The first-order valence-electron chi connectivity index (χ1n) is 13.1. The number of aliphatic hydroxyl groups excluding tert-OH is 2. The Bertz CT molecular complexity index is 1150. The van der Waals surface area contributed by atoms with Gasteiger partial charge >= 0.3 is 0 Å². The SMILES string of the molecule is CC(C)CN(Cc1ccc(O)c2c1C[C@H]1C[C@H]3CC(O)C(C(N)=O)C(=O)[C@@]3(O)C(=O)C1=C2O)CC(C)C. The summed E-state index contributed by atoms with van der Waals surface area (Å²) in [7, 11) is 0. The summed E-state index contributed by atoms with van der Waals surface area (Å²) in [6.07, 6.45) is -1.04. The van der Waals surface area contributed by atoms with Gasteiger partial charge in [-0.25, -0.2) is 0 Å². The second-order valence-corrected chi connectivity index (χ2v) is 11.8. The molecule has 4 rings (SSSR count). The van der Waals surface area contributed by atoms with Crippen molar-refractivity contribution < 1.29 is 34.8 Å². The van der Waals surface area contributed by atoms with E-state index in [0.29, 0.717) is 24.8 Å². The van der Waals surface area contributed by atoms with Gasteiger partial charge in [0.15, 0.2) is 11.4 Å². The van der Waals surface area contributed by atoms with Gasteiger partial charge in [-0.2, -0.15) is 0 Å². The van der Waals surface area contributed by atoms with Crippen LogP contribution in [0.15, 0.2) is 17.7 Å². The number of ketones is 2. The number of fused-ring (bicyclic) bond motifs is 3. The fraction of sp³-hybridized carbons (Fsp3) is 0.607. The van der Waals surface area contributed by atoms with Gasteiger partial charge in [0.1, 0.15) is 17.4 Å². The molecular weight excluding hydrogens is 476 g/mol. The summed E-state index contributed by atoms with van der Waals surface area (Å²) in [6, 6.07) is 3.33. The normalized spacial score (nSPS) is 29.5. The molecule has 2 fully saturated rings. The number of Topliss-reactive ketones (excluding diaryl/α,β-unsaturated/α-hetero) is 2. The van der Waals surface area contributed by atoms with Crippen molar-refractivity contribution in [2.75, 3.05) is 13.1 Å². The zero-order valence-electron chi connectivity index (χ0n) is 21.9. The quantitative estimate of drug-likeness (QED) is 0.344. The highest BCUT2D eigenvalue weighted by Gasteiger charge is 2.63. The number of phenols is 1. The van der Waals surface area contributed by atoms with E-state index >= 15 is 0 Å². The van der Waals surface area contributed by atoms with E-state index in [9.17, 15) is 34.8 Å². The average molecular weight is 515 g/mol. The molecule has 37 heavy (non-hydrogen) atoms. The third-order valence-corrected chi connectivity index (χ3v) is 8.01. The molecule has 5 atom stereocenters. The van der Waals surface area contributed by atoms with Crippen molar-refractivity contribution in [3.8, 4) is 5.75 Å². The lowest BCUT2D eigenvalue weighted by molar-refractivity contribution is -0.174. The first-order chi connectivity index (χ1) is 17.3. The van der Waals surface area contributed by atoms with E-state index in [-0.39, 0.29) is 29.7 Å². The maximum absolute atomic E-state index is 13.6. The number of primary amides is 1. The van der Waals surface area contributed by atoms with E-state index < -0.39 is 52.7 Å². The second kappa shape index (κ2) is 9.85. The predicted molar refractivity (Wildman–Crippen MR) is 136 cm³/mol. The molecule has 0 radical (unpaired) electrons. The molecule has 0 spiro atoms. The lowest BCUT2D eigenvalue weighted by Gasteiger charge is -2.48. The number of phenolic OH excluding ortho intramolecular Hbond substituents is 1. The Labute approximate surface area is 217 Å². The summed E-state index contributed by atoms with van der Waals surface area (Å²) >= 11 is 0. The van der Waals surface area contributed by atoms with Gasteiger partial charge in [-0.15, -0.1) is 0 Å². The zero-order valence-corrected chi connectivity index (χ0v) is 21.9. The summed E-state index contributed by atoms with van der Waals surface area (Å²) in [5.41, 5.74) is 4.42. The number of carbonyl (C=O) groups excluding carboxylic acids is 3. The molecule has 2 unspecified atom stereocenters. The lowest BCUT2D eigenvalue weighted by Crippen LogP contribution is -2.66. The highest BCUT2D eigenvalue weighted by atomic mass is 16.3. The van der Waals surface area contributed by atoms with Gasteiger partial charge in [0.25, 0.3) is 0 Å². The minimum absolute atomic E-state index is 0.118. The summed E-state index contributed by atoms with van der Waals surface area (Å²) in [4.78, 5) is 40.9. The van der Waals surface area contributed by atoms with Crippen LogP contribution in [0, 0.1) is 29.6 Å². The van der Waals surface area contributed by atoms with Crippen LogP contribution in [0.1, 0.15) is 57.2 Å². The van der Waals surface area contributed by atoms with Crippen molar-refractivity contribution in [1.82, 2.24) is 4.90 Å². The predicted octanol–water partition coefficient (Wildman–Crippen LogP) is 1.70. The van der Waals surface area contributed by atoms with E-state index in [1.165, 1.54) is 6.07 Å². The van der Waals surface area contributed by atoms with Crippen molar-refractivity contribution >= 4 is 23.2 Å². The number of hydrogen-bond acceptors (Lipinski definition) is 8. The summed E-state index contributed by atoms with van der Waals surface area (Å²) in [6.45, 7) is 11.0. The molecule has 202 valence electrons. The van der Waals surface area contributed by atoms with Crippen LogP contribution in [0.25, 0.3) is 5.76 Å². The van der Waals surface area contributed by atoms with Crippen LogP contribution < -0.4 is 5.73 Å². The Kier molecular flexibility index (Phi) is 7.27. The minimum Gasteiger partial charge on any atom is -0.507 e. The lowest BCUT2D eigenvalue weighted by atomic mass is 9.56. The van der Waals surface area contributed by atoms with Crippen molar-refractivity contribution in [3.63, 3.8) is 0 Å².